The Labute approximate surface area is 146 Å². The molecule has 1 aromatic carbocycles. The molecular formula is C18H22N4O3. The van der Waals surface area contributed by atoms with E-state index in [4.69, 9.17) is 4.74 Å². The van der Waals surface area contributed by atoms with E-state index in [9.17, 15) is 9.90 Å². The molecule has 1 unspecified atom stereocenters. The highest BCUT2D eigenvalue weighted by atomic mass is 16.6. The van der Waals surface area contributed by atoms with E-state index in [0.29, 0.717) is 18.4 Å². The lowest BCUT2D eigenvalue weighted by Crippen LogP contribution is -2.37. The fourth-order valence-electron chi connectivity index (χ4n) is 2.78. The molecule has 1 aliphatic heterocycles. The SMILES string of the molecule is CC(C)C1COC(=O)N1c1ccnc(N[C@@H](C)c2ccc(O)cc2)n1. The number of carbonyl (C=O) groups excluding carboxylic acids is 1. The molecule has 1 saturated heterocycles. The van der Waals surface area contributed by atoms with E-state index in [0.717, 1.165) is 5.56 Å². The highest BCUT2D eigenvalue weighted by molar-refractivity contribution is 5.89. The Bertz CT molecular complexity index is 748. The summed E-state index contributed by atoms with van der Waals surface area (Å²) in [4.78, 5) is 22.4. The normalized spacial score (nSPS) is 18.3. The summed E-state index contributed by atoms with van der Waals surface area (Å²) in [5, 5.41) is 12.6. The minimum Gasteiger partial charge on any atom is -0.508 e. The quantitative estimate of drug-likeness (QED) is 0.866. The summed E-state index contributed by atoms with van der Waals surface area (Å²) < 4.78 is 5.18. The summed E-state index contributed by atoms with van der Waals surface area (Å²) in [5.41, 5.74) is 0.993. The molecule has 2 atom stereocenters. The number of aromatic nitrogens is 2. The van der Waals surface area contributed by atoms with Crippen LogP contribution in [0.3, 0.4) is 0 Å². The van der Waals surface area contributed by atoms with Gasteiger partial charge in [-0.2, -0.15) is 4.98 Å². The Hall–Kier alpha value is -2.83. The Morgan fingerprint density at radius 2 is 1.96 bits per heavy atom. The number of hydrogen-bond acceptors (Lipinski definition) is 6. The zero-order valence-electron chi connectivity index (χ0n) is 14.5. The second kappa shape index (κ2) is 6.96. The van der Waals surface area contributed by atoms with Crippen LogP contribution in [-0.2, 0) is 4.74 Å². The Balaban J connectivity index is 1.79. The third-order valence-electron chi connectivity index (χ3n) is 4.30. The van der Waals surface area contributed by atoms with Crippen LogP contribution in [0.2, 0.25) is 0 Å². The van der Waals surface area contributed by atoms with Crippen molar-refractivity contribution in [3.63, 3.8) is 0 Å². The number of nitrogens with one attached hydrogen (secondary N) is 1. The third kappa shape index (κ3) is 3.65. The number of amides is 1. The van der Waals surface area contributed by atoms with E-state index >= 15 is 0 Å². The average Bonchev–Trinajstić information content (AvgIpc) is 2.97. The molecule has 0 saturated carbocycles. The Kier molecular flexibility index (Phi) is 4.74. The van der Waals surface area contributed by atoms with E-state index in [1.54, 1.807) is 29.3 Å². The van der Waals surface area contributed by atoms with E-state index in [1.165, 1.54) is 0 Å². The smallest absolute Gasteiger partial charge is 0.415 e. The first-order valence-electron chi connectivity index (χ1n) is 8.30. The van der Waals surface area contributed by atoms with Gasteiger partial charge in [-0.15, -0.1) is 0 Å². The predicted molar refractivity (Wildman–Crippen MR) is 94.6 cm³/mol. The van der Waals surface area contributed by atoms with Gasteiger partial charge in [0.05, 0.1) is 12.1 Å². The Morgan fingerprint density at radius 3 is 2.64 bits per heavy atom. The van der Waals surface area contributed by atoms with Crippen LogP contribution in [0, 0.1) is 5.92 Å². The molecule has 1 aromatic heterocycles. The molecule has 0 aliphatic carbocycles. The van der Waals surface area contributed by atoms with Gasteiger partial charge in [-0.25, -0.2) is 9.78 Å². The molecule has 1 aliphatic rings. The minimum absolute atomic E-state index is 0.0372. The van der Waals surface area contributed by atoms with E-state index in [2.05, 4.69) is 15.3 Å². The first-order chi connectivity index (χ1) is 12.0. The third-order valence-corrected chi connectivity index (χ3v) is 4.30. The standard InChI is InChI=1S/C18H22N4O3/c1-11(2)15-10-25-18(24)22(15)16-8-9-19-17(21-16)20-12(3)13-4-6-14(23)7-5-13/h4-9,11-12,15,23H,10H2,1-3H3,(H,19,20,21)/t12-,15?/m0/s1. The van der Waals surface area contributed by atoms with Crippen molar-refractivity contribution in [2.75, 3.05) is 16.8 Å². The topological polar surface area (TPSA) is 87.6 Å². The van der Waals surface area contributed by atoms with Gasteiger partial charge in [-0.1, -0.05) is 26.0 Å². The van der Waals surface area contributed by atoms with Crippen molar-refractivity contribution in [2.24, 2.45) is 5.92 Å². The van der Waals surface area contributed by atoms with Crippen molar-refractivity contribution in [1.29, 1.82) is 0 Å². The van der Waals surface area contributed by atoms with Crippen molar-refractivity contribution >= 4 is 17.9 Å². The first kappa shape index (κ1) is 17.0. The van der Waals surface area contributed by atoms with Crippen molar-refractivity contribution < 1.29 is 14.6 Å². The van der Waals surface area contributed by atoms with Gasteiger partial charge in [-0.05, 0) is 36.6 Å². The maximum atomic E-state index is 12.1. The lowest BCUT2D eigenvalue weighted by Gasteiger charge is -2.23. The number of aromatic hydroxyl groups is 1. The summed E-state index contributed by atoms with van der Waals surface area (Å²) in [7, 11) is 0. The van der Waals surface area contributed by atoms with Crippen LogP contribution >= 0.6 is 0 Å². The zero-order valence-corrected chi connectivity index (χ0v) is 14.5. The maximum absolute atomic E-state index is 12.1. The number of hydrogen-bond donors (Lipinski definition) is 2. The van der Waals surface area contributed by atoms with Gasteiger partial charge in [0.25, 0.3) is 0 Å². The number of phenolic OH excluding ortho intramolecular Hbond substituents is 1. The van der Waals surface area contributed by atoms with E-state index in [1.807, 2.05) is 32.9 Å². The molecule has 25 heavy (non-hydrogen) atoms. The van der Waals surface area contributed by atoms with Crippen molar-refractivity contribution in [2.45, 2.75) is 32.9 Å². The van der Waals surface area contributed by atoms with Gasteiger partial charge in [0.1, 0.15) is 18.2 Å². The first-order valence-corrected chi connectivity index (χ1v) is 8.30. The summed E-state index contributed by atoms with van der Waals surface area (Å²) in [5.74, 6) is 1.44. The number of nitrogens with zero attached hydrogens (tertiary/aromatic N) is 3. The molecule has 1 amide bonds. The second-order valence-electron chi connectivity index (χ2n) is 6.45. The van der Waals surface area contributed by atoms with Crippen molar-refractivity contribution in [3.8, 4) is 5.75 Å². The van der Waals surface area contributed by atoms with Gasteiger partial charge < -0.3 is 15.2 Å². The molecule has 7 nitrogen and oxygen atoms in total. The van der Waals surface area contributed by atoms with Gasteiger partial charge in [0.15, 0.2) is 0 Å². The lowest BCUT2D eigenvalue weighted by atomic mass is 10.0. The molecule has 3 rings (SSSR count). The zero-order chi connectivity index (χ0) is 18.0. The highest BCUT2D eigenvalue weighted by Crippen LogP contribution is 2.26. The molecule has 1 fully saturated rings. The largest absolute Gasteiger partial charge is 0.508 e. The molecule has 7 heteroatoms. The van der Waals surface area contributed by atoms with Crippen LogP contribution in [0.4, 0.5) is 16.6 Å². The van der Waals surface area contributed by atoms with Crippen LogP contribution in [0.15, 0.2) is 36.5 Å². The van der Waals surface area contributed by atoms with Gasteiger partial charge in [0, 0.05) is 6.20 Å². The van der Waals surface area contributed by atoms with E-state index in [-0.39, 0.29) is 29.8 Å². The summed E-state index contributed by atoms with van der Waals surface area (Å²) in [6.45, 7) is 6.44. The second-order valence-corrected chi connectivity index (χ2v) is 6.45. The van der Waals surface area contributed by atoms with Crippen LogP contribution in [0.25, 0.3) is 0 Å². The van der Waals surface area contributed by atoms with Crippen LogP contribution < -0.4 is 10.2 Å². The van der Waals surface area contributed by atoms with Gasteiger partial charge >= 0.3 is 6.09 Å². The minimum atomic E-state index is -0.380. The molecule has 132 valence electrons. The molecular weight excluding hydrogens is 320 g/mol. The number of benzene rings is 1. The Morgan fingerprint density at radius 1 is 1.24 bits per heavy atom. The number of carbonyl (C=O) groups is 1. The fourth-order valence-corrected chi connectivity index (χ4v) is 2.78. The molecule has 0 spiro atoms. The van der Waals surface area contributed by atoms with Crippen LogP contribution in [0.1, 0.15) is 32.4 Å². The number of ether oxygens (including phenoxy) is 1. The van der Waals surface area contributed by atoms with E-state index < -0.39 is 0 Å². The predicted octanol–water partition coefficient (Wildman–Crippen LogP) is 3.34. The van der Waals surface area contributed by atoms with Crippen molar-refractivity contribution in [1.82, 2.24) is 9.97 Å². The van der Waals surface area contributed by atoms with Crippen molar-refractivity contribution in [3.05, 3.63) is 42.1 Å². The number of phenols is 1. The summed E-state index contributed by atoms with van der Waals surface area (Å²) in [6, 6.07) is 8.56. The fraction of sp³-hybridized carbons (Fsp3) is 0.389. The average molecular weight is 342 g/mol. The molecule has 2 heterocycles. The number of cyclic esters (lactones) is 1. The molecule has 2 N–H and O–H groups in total. The summed E-state index contributed by atoms with van der Waals surface area (Å²) >= 11 is 0. The number of rotatable bonds is 5. The molecule has 0 bridgehead atoms. The lowest BCUT2D eigenvalue weighted by molar-refractivity contribution is 0.177. The summed E-state index contributed by atoms with van der Waals surface area (Å²) in [6.07, 6.45) is 1.24. The molecule has 2 aromatic rings. The van der Waals surface area contributed by atoms with Gasteiger partial charge in [-0.3, -0.25) is 4.90 Å². The van der Waals surface area contributed by atoms with Gasteiger partial charge in [0.2, 0.25) is 5.95 Å². The highest BCUT2D eigenvalue weighted by Gasteiger charge is 2.37. The van der Waals surface area contributed by atoms with Crippen LogP contribution in [-0.4, -0.2) is 33.8 Å². The molecule has 0 radical (unpaired) electrons. The monoisotopic (exact) mass is 342 g/mol. The number of anilines is 2. The van der Waals surface area contributed by atoms with Crippen LogP contribution in [0.5, 0.6) is 5.75 Å². The maximum Gasteiger partial charge on any atom is 0.415 e.